The lowest BCUT2D eigenvalue weighted by molar-refractivity contribution is 0.267. The summed E-state index contributed by atoms with van der Waals surface area (Å²) in [4.78, 5) is 0. The Bertz CT molecular complexity index is 682. The van der Waals surface area contributed by atoms with Gasteiger partial charge in [0.15, 0.2) is 0 Å². The van der Waals surface area contributed by atoms with Crippen LogP contribution >= 0.6 is 0 Å². The Morgan fingerprint density at radius 3 is 2.58 bits per heavy atom. The summed E-state index contributed by atoms with van der Waals surface area (Å²) in [5, 5.41) is 3.94. The summed E-state index contributed by atoms with van der Waals surface area (Å²) in [7, 11) is 1.77. The van der Waals surface area contributed by atoms with Crippen molar-refractivity contribution in [3.05, 3.63) is 65.2 Å². The second-order valence-corrected chi connectivity index (χ2v) is 7.55. The number of fused-ring (bicyclic) bond motifs is 1. The smallest absolute Gasteiger partial charge is 0.119 e. The van der Waals surface area contributed by atoms with Crippen LogP contribution in [0.25, 0.3) is 0 Å². The Morgan fingerprint density at radius 1 is 1.08 bits per heavy atom. The molecule has 0 spiro atoms. The van der Waals surface area contributed by atoms with Crippen LogP contribution in [0.15, 0.2) is 48.5 Å². The fourth-order valence-corrected chi connectivity index (χ4v) is 4.54. The Kier molecular flexibility index (Phi) is 6.73. The fraction of sp³-hybridized carbons (Fsp3) is 0.500. The third-order valence-electron chi connectivity index (χ3n) is 5.94. The predicted molar refractivity (Wildman–Crippen MR) is 110 cm³/mol. The number of hydrogen-bond acceptors (Lipinski definition) is 2. The minimum atomic E-state index is 0.559. The van der Waals surface area contributed by atoms with Crippen molar-refractivity contribution < 1.29 is 4.74 Å². The lowest BCUT2D eigenvalue weighted by atomic mass is 9.70. The molecule has 0 heterocycles. The van der Waals surface area contributed by atoms with E-state index < -0.39 is 0 Å². The van der Waals surface area contributed by atoms with Gasteiger partial charge in [-0.05, 0) is 66.5 Å². The first kappa shape index (κ1) is 19.0. The molecule has 0 amide bonds. The molecule has 0 unspecified atom stereocenters. The van der Waals surface area contributed by atoms with Gasteiger partial charge in [0.2, 0.25) is 0 Å². The molecule has 0 bridgehead atoms. The van der Waals surface area contributed by atoms with Crippen LogP contribution in [0.1, 0.15) is 55.7 Å². The molecule has 2 aromatic rings. The topological polar surface area (TPSA) is 21.3 Å². The maximum atomic E-state index is 5.51. The van der Waals surface area contributed by atoms with Crippen molar-refractivity contribution >= 4 is 0 Å². The van der Waals surface area contributed by atoms with E-state index in [1.54, 1.807) is 7.11 Å². The highest BCUT2D eigenvalue weighted by Crippen LogP contribution is 2.40. The number of hydrogen-bond donors (Lipinski definition) is 1. The SMILES string of the molecule is CCC[C@@H]1c2cc(OC)ccc2C[C@H](CC)[C@@H]1NCCc1ccccc1. The molecule has 1 aliphatic rings. The maximum Gasteiger partial charge on any atom is 0.119 e. The van der Waals surface area contributed by atoms with Crippen LogP contribution in [0.3, 0.4) is 0 Å². The van der Waals surface area contributed by atoms with Crippen molar-refractivity contribution in [3.8, 4) is 5.75 Å². The zero-order valence-corrected chi connectivity index (χ0v) is 16.5. The minimum absolute atomic E-state index is 0.559. The summed E-state index contributed by atoms with van der Waals surface area (Å²) in [6.45, 7) is 5.69. The number of methoxy groups -OCH3 is 1. The highest BCUT2D eigenvalue weighted by molar-refractivity contribution is 5.41. The third-order valence-corrected chi connectivity index (χ3v) is 5.94. The Morgan fingerprint density at radius 2 is 1.88 bits per heavy atom. The molecule has 0 radical (unpaired) electrons. The molecule has 1 aliphatic carbocycles. The molecular weight excluding hydrogens is 318 g/mol. The molecule has 0 saturated heterocycles. The van der Waals surface area contributed by atoms with Gasteiger partial charge >= 0.3 is 0 Å². The summed E-state index contributed by atoms with van der Waals surface area (Å²) in [5.74, 6) is 2.28. The van der Waals surface area contributed by atoms with Gasteiger partial charge in [-0.2, -0.15) is 0 Å². The quantitative estimate of drug-likeness (QED) is 0.691. The highest BCUT2D eigenvalue weighted by Gasteiger charge is 2.35. The lowest BCUT2D eigenvalue weighted by Crippen LogP contribution is -2.45. The van der Waals surface area contributed by atoms with Crippen LogP contribution in [-0.4, -0.2) is 19.7 Å². The van der Waals surface area contributed by atoms with Crippen molar-refractivity contribution in [1.29, 1.82) is 0 Å². The maximum absolute atomic E-state index is 5.51. The van der Waals surface area contributed by atoms with E-state index >= 15 is 0 Å². The molecule has 3 rings (SSSR count). The zero-order chi connectivity index (χ0) is 18.4. The second-order valence-electron chi connectivity index (χ2n) is 7.55. The van der Waals surface area contributed by atoms with Gasteiger partial charge in [0.1, 0.15) is 5.75 Å². The first-order valence-corrected chi connectivity index (χ1v) is 10.2. The van der Waals surface area contributed by atoms with E-state index in [1.165, 1.54) is 42.4 Å². The van der Waals surface area contributed by atoms with Gasteiger partial charge in [-0.25, -0.2) is 0 Å². The molecule has 2 aromatic carbocycles. The fourth-order valence-electron chi connectivity index (χ4n) is 4.54. The molecule has 26 heavy (non-hydrogen) atoms. The molecule has 1 N–H and O–H groups in total. The van der Waals surface area contributed by atoms with E-state index in [4.69, 9.17) is 4.74 Å². The van der Waals surface area contributed by atoms with Gasteiger partial charge in [0.25, 0.3) is 0 Å². The van der Waals surface area contributed by atoms with E-state index in [9.17, 15) is 0 Å². The third kappa shape index (κ3) is 4.29. The van der Waals surface area contributed by atoms with Gasteiger partial charge in [-0.3, -0.25) is 0 Å². The van der Waals surface area contributed by atoms with Gasteiger partial charge in [-0.15, -0.1) is 0 Å². The van der Waals surface area contributed by atoms with Crippen molar-refractivity contribution in [2.45, 2.75) is 57.9 Å². The first-order valence-electron chi connectivity index (χ1n) is 10.2. The van der Waals surface area contributed by atoms with Gasteiger partial charge in [0.05, 0.1) is 7.11 Å². The summed E-state index contributed by atoms with van der Waals surface area (Å²) >= 11 is 0. The molecule has 0 fully saturated rings. The monoisotopic (exact) mass is 351 g/mol. The van der Waals surface area contributed by atoms with Crippen LogP contribution in [0.4, 0.5) is 0 Å². The first-order chi connectivity index (χ1) is 12.8. The average molecular weight is 352 g/mol. The molecular formula is C24H33NO. The Hall–Kier alpha value is -1.80. The average Bonchev–Trinajstić information content (AvgIpc) is 2.69. The van der Waals surface area contributed by atoms with Crippen molar-refractivity contribution in [3.63, 3.8) is 0 Å². The summed E-state index contributed by atoms with van der Waals surface area (Å²) in [6.07, 6.45) is 5.96. The molecule has 140 valence electrons. The Balaban J connectivity index is 1.78. The molecule has 0 saturated carbocycles. The number of ether oxygens (including phenoxy) is 1. The molecule has 0 aromatic heterocycles. The second kappa shape index (κ2) is 9.23. The van der Waals surface area contributed by atoms with E-state index in [0.717, 1.165) is 18.7 Å². The largest absolute Gasteiger partial charge is 0.497 e. The molecule has 0 aliphatic heterocycles. The summed E-state index contributed by atoms with van der Waals surface area (Å²) in [5.41, 5.74) is 4.45. The van der Waals surface area contributed by atoms with Crippen LogP contribution in [0.5, 0.6) is 5.75 Å². The number of rotatable bonds is 8. The molecule has 3 atom stereocenters. The van der Waals surface area contributed by atoms with E-state index in [-0.39, 0.29) is 0 Å². The van der Waals surface area contributed by atoms with E-state index in [2.05, 4.69) is 67.7 Å². The van der Waals surface area contributed by atoms with Gasteiger partial charge in [0, 0.05) is 6.04 Å². The minimum Gasteiger partial charge on any atom is -0.497 e. The van der Waals surface area contributed by atoms with E-state index in [1.807, 2.05) is 0 Å². The van der Waals surface area contributed by atoms with Crippen LogP contribution in [-0.2, 0) is 12.8 Å². The Labute approximate surface area is 159 Å². The van der Waals surface area contributed by atoms with Crippen molar-refractivity contribution in [1.82, 2.24) is 5.32 Å². The predicted octanol–water partition coefficient (Wildman–Crippen LogP) is 5.36. The number of nitrogens with one attached hydrogen (secondary N) is 1. The molecule has 2 nitrogen and oxygen atoms in total. The van der Waals surface area contributed by atoms with Gasteiger partial charge < -0.3 is 10.1 Å². The summed E-state index contributed by atoms with van der Waals surface area (Å²) < 4.78 is 5.51. The zero-order valence-electron chi connectivity index (χ0n) is 16.5. The normalized spacial score (nSPS) is 22.0. The van der Waals surface area contributed by atoms with Crippen LogP contribution in [0, 0.1) is 5.92 Å². The number of benzene rings is 2. The van der Waals surface area contributed by atoms with Crippen molar-refractivity contribution in [2.24, 2.45) is 5.92 Å². The van der Waals surface area contributed by atoms with E-state index in [0.29, 0.717) is 17.9 Å². The van der Waals surface area contributed by atoms with Crippen molar-refractivity contribution in [2.75, 3.05) is 13.7 Å². The lowest BCUT2D eigenvalue weighted by Gasteiger charge is -2.40. The standard InChI is InChI=1S/C24H33NO/c1-4-9-22-23-17-21(26-3)13-12-20(23)16-19(5-2)24(22)25-15-14-18-10-7-6-8-11-18/h6-8,10-13,17,19,22,24-25H,4-5,9,14-16H2,1-3H3/t19-,22+,24-/m0/s1. The highest BCUT2D eigenvalue weighted by atomic mass is 16.5. The van der Waals surface area contributed by atoms with Crippen LogP contribution in [0.2, 0.25) is 0 Å². The summed E-state index contributed by atoms with van der Waals surface area (Å²) in [6, 6.07) is 18.1. The van der Waals surface area contributed by atoms with Crippen LogP contribution < -0.4 is 10.1 Å². The van der Waals surface area contributed by atoms with Gasteiger partial charge in [-0.1, -0.05) is 63.1 Å². The molecule has 2 heteroatoms.